The summed E-state index contributed by atoms with van der Waals surface area (Å²) >= 11 is 0. The molecule has 0 spiro atoms. The van der Waals surface area contributed by atoms with Gasteiger partial charge in [0.2, 0.25) is 0 Å². The van der Waals surface area contributed by atoms with Gasteiger partial charge in [-0.1, -0.05) is 13.8 Å². The Balaban J connectivity index is 1.98. The van der Waals surface area contributed by atoms with Crippen molar-refractivity contribution in [2.24, 2.45) is 5.92 Å². The minimum Gasteiger partial charge on any atom is -0.468 e. The van der Waals surface area contributed by atoms with Gasteiger partial charge in [-0.15, -0.1) is 0 Å². The van der Waals surface area contributed by atoms with E-state index in [0.29, 0.717) is 0 Å². The summed E-state index contributed by atoms with van der Waals surface area (Å²) in [6.07, 6.45) is 0. The Morgan fingerprint density at radius 1 is 1.14 bits per heavy atom. The van der Waals surface area contributed by atoms with Crippen LogP contribution in [0.15, 0.2) is 24.3 Å². The molecule has 0 bridgehead atoms. The van der Waals surface area contributed by atoms with E-state index in [1.807, 2.05) is 13.8 Å². The maximum atomic E-state index is 13.0. The Hall–Kier alpha value is -1.62. The summed E-state index contributed by atoms with van der Waals surface area (Å²) in [5, 5.41) is 0. The molecule has 0 aromatic heterocycles. The zero-order valence-electron chi connectivity index (χ0n) is 12.9. The Kier molecular flexibility index (Phi) is 5.17. The number of halogens is 1. The molecule has 5 heteroatoms. The van der Waals surface area contributed by atoms with Gasteiger partial charge in [-0.3, -0.25) is 9.69 Å². The number of esters is 1. The Morgan fingerprint density at radius 2 is 1.71 bits per heavy atom. The van der Waals surface area contributed by atoms with Gasteiger partial charge in [0.05, 0.1) is 7.11 Å². The maximum absolute atomic E-state index is 13.0. The minimum atomic E-state index is -0.219. The summed E-state index contributed by atoms with van der Waals surface area (Å²) in [6, 6.07) is 6.36. The van der Waals surface area contributed by atoms with Crippen LogP contribution in [0.1, 0.15) is 13.8 Å². The van der Waals surface area contributed by atoms with Crippen LogP contribution in [0.2, 0.25) is 0 Å². The zero-order valence-corrected chi connectivity index (χ0v) is 12.9. The van der Waals surface area contributed by atoms with Crippen LogP contribution in [0.3, 0.4) is 0 Å². The van der Waals surface area contributed by atoms with E-state index in [4.69, 9.17) is 4.74 Å². The number of rotatable bonds is 4. The van der Waals surface area contributed by atoms with E-state index in [1.54, 1.807) is 12.1 Å². The van der Waals surface area contributed by atoms with Crippen molar-refractivity contribution in [2.45, 2.75) is 19.9 Å². The summed E-state index contributed by atoms with van der Waals surface area (Å²) < 4.78 is 17.9. The fraction of sp³-hybridized carbons (Fsp3) is 0.562. The average molecular weight is 294 g/mol. The molecule has 1 saturated heterocycles. The predicted octanol–water partition coefficient (Wildman–Crippen LogP) is 2.15. The van der Waals surface area contributed by atoms with E-state index in [2.05, 4.69) is 9.80 Å². The number of hydrogen-bond acceptors (Lipinski definition) is 4. The Bertz CT molecular complexity index is 468. The summed E-state index contributed by atoms with van der Waals surface area (Å²) in [5.74, 6) is -0.169. The van der Waals surface area contributed by atoms with E-state index < -0.39 is 0 Å². The SMILES string of the molecule is COC(=O)[C@@H](C(C)C)N1CCN(c2ccc(F)cc2)CC1. The lowest BCUT2D eigenvalue weighted by Crippen LogP contribution is -2.54. The third-order valence-corrected chi connectivity index (χ3v) is 3.97. The molecule has 0 amide bonds. The lowest BCUT2D eigenvalue weighted by Gasteiger charge is -2.40. The molecule has 0 radical (unpaired) electrons. The van der Waals surface area contributed by atoms with Crippen LogP contribution in [0.5, 0.6) is 0 Å². The van der Waals surface area contributed by atoms with Crippen LogP contribution in [-0.4, -0.2) is 50.2 Å². The molecule has 116 valence electrons. The van der Waals surface area contributed by atoms with E-state index in [0.717, 1.165) is 31.9 Å². The van der Waals surface area contributed by atoms with Gasteiger partial charge in [0, 0.05) is 31.9 Å². The van der Waals surface area contributed by atoms with Crippen LogP contribution in [0, 0.1) is 11.7 Å². The van der Waals surface area contributed by atoms with Gasteiger partial charge >= 0.3 is 5.97 Å². The predicted molar refractivity (Wildman–Crippen MR) is 80.8 cm³/mol. The molecular formula is C16H23FN2O2. The number of benzene rings is 1. The quantitative estimate of drug-likeness (QED) is 0.797. The van der Waals surface area contributed by atoms with Crippen molar-refractivity contribution < 1.29 is 13.9 Å². The molecule has 0 saturated carbocycles. The second-order valence-corrected chi connectivity index (χ2v) is 5.71. The second-order valence-electron chi connectivity index (χ2n) is 5.71. The van der Waals surface area contributed by atoms with Crippen LogP contribution >= 0.6 is 0 Å². The molecule has 0 unspecified atom stereocenters. The third kappa shape index (κ3) is 3.73. The largest absolute Gasteiger partial charge is 0.468 e. The van der Waals surface area contributed by atoms with Gasteiger partial charge in [-0.25, -0.2) is 4.39 Å². The molecule has 1 aromatic carbocycles. The number of carbonyl (C=O) groups excluding carboxylic acids is 1. The highest BCUT2D eigenvalue weighted by Gasteiger charge is 2.32. The van der Waals surface area contributed by atoms with E-state index in [-0.39, 0.29) is 23.7 Å². The van der Waals surface area contributed by atoms with Crippen molar-refractivity contribution in [1.82, 2.24) is 4.90 Å². The highest BCUT2D eigenvalue weighted by atomic mass is 19.1. The molecule has 1 aliphatic heterocycles. The molecular weight excluding hydrogens is 271 g/mol. The molecule has 1 heterocycles. The van der Waals surface area contributed by atoms with Crippen molar-refractivity contribution in [3.8, 4) is 0 Å². The van der Waals surface area contributed by atoms with Crippen molar-refractivity contribution in [1.29, 1.82) is 0 Å². The number of hydrogen-bond donors (Lipinski definition) is 0. The van der Waals surface area contributed by atoms with E-state index in [1.165, 1.54) is 19.2 Å². The summed E-state index contributed by atoms with van der Waals surface area (Å²) in [6.45, 7) is 7.32. The molecule has 1 aliphatic rings. The van der Waals surface area contributed by atoms with Gasteiger partial charge < -0.3 is 9.64 Å². The number of nitrogens with zero attached hydrogens (tertiary/aromatic N) is 2. The van der Waals surface area contributed by atoms with Gasteiger partial charge in [0.1, 0.15) is 11.9 Å². The zero-order chi connectivity index (χ0) is 15.4. The second kappa shape index (κ2) is 6.89. The number of methoxy groups -OCH3 is 1. The van der Waals surface area contributed by atoms with Gasteiger partial charge in [0.15, 0.2) is 0 Å². The van der Waals surface area contributed by atoms with Gasteiger partial charge in [0.25, 0.3) is 0 Å². The van der Waals surface area contributed by atoms with Gasteiger partial charge in [-0.05, 0) is 30.2 Å². The first kappa shape index (κ1) is 15.8. The summed E-state index contributed by atoms with van der Waals surface area (Å²) in [7, 11) is 1.44. The van der Waals surface area contributed by atoms with Crippen LogP contribution in [0.4, 0.5) is 10.1 Å². The highest BCUT2D eigenvalue weighted by molar-refractivity contribution is 5.76. The minimum absolute atomic E-state index is 0.166. The smallest absolute Gasteiger partial charge is 0.323 e. The van der Waals surface area contributed by atoms with Gasteiger partial charge in [-0.2, -0.15) is 0 Å². The lowest BCUT2D eigenvalue weighted by atomic mass is 10.0. The molecule has 1 fully saturated rings. The topological polar surface area (TPSA) is 32.8 Å². The fourth-order valence-electron chi connectivity index (χ4n) is 2.87. The van der Waals surface area contributed by atoms with E-state index >= 15 is 0 Å². The molecule has 4 nitrogen and oxygen atoms in total. The molecule has 0 aliphatic carbocycles. The maximum Gasteiger partial charge on any atom is 0.323 e. The Morgan fingerprint density at radius 3 is 2.19 bits per heavy atom. The fourth-order valence-corrected chi connectivity index (χ4v) is 2.87. The van der Waals surface area contributed by atoms with Crippen LogP contribution < -0.4 is 4.90 Å². The molecule has 1 atom stereocenters. The van der Waals surface area contributed by atoms with Crippen LogP contribution in [0.25, 0.3) is 0 Å². The number of ether oxygens (including phenoxy) is 1. The normalized spacial score (nSPS) is 17.9. The third-order valence-electron chi connectivity index (χ3n) is 3.97. The number of carbonyl (C=O) groups is 1. The number of anilines is 1. The number of piperazine rings is 1. The standard InChI is InChI=1S/C16H23FN2O2/c1-12(2)15(16(20)21-3)19-10-8-18(9-11-19)14-6-4-13(17)5-7-14/h4-7,12,15H,8-11H2,1-3H3/t15-/m1/s1. The summed E-state index contributed by atoms with van der Waals surface area (Å²) in [4.78, 5) is 16.3. The van der Waals surface area contributed by atoms with Crippen LogP contribution in [-0.2, 0) is 9.53 Å². The molecule has 21 heavy (non-hydrogen) atoms. The highest BCUT2D eigenvalue weighted by Crippen LogP contribution is 2.20. The molecule has 0 N–H and O–H groups in total. The molecule has 1 aromatic rings. The van der Waals surface area contributed by atoms with Crippen molar-refractivity contribution in [2.75, 3.05) is 38.2 Å². The van der Waals surface area contributed by atoms with Crippen molar-refractivity contribution in [3.63, 3.8) is 0 Å². The first-order valence-electron chi connectivity index (χ1n) is 7.35. The molecule has 2 rings (SSSR count). The van der Waals surface area contributed by atoms with E-state index in [9.17, 15) is 9.18 Å². The summed E-state index contributed by atoms with van der Waals surface area (Å²) in [5.41, 5.74) is 1.02. The monoisotopic (exact) mass is 294 g/mol. The van der Waals surface area contributed by atoms with Crippen molar-refractivity contribution in [3.05, 3.63) is 30.1 Å². The Labute approximate surface area is 125 Å². The van der Waals surface area contributed by atoms with Crippen molar-refractivity contribution >= 4 is 11.7 Å². The lowest BCUT2D eigenvalue weighted by molar-refractivity contribution is -0.149. The average Bonchev–Trinajstić information content (AvgIpc) is 2.48. The first-order valence-corrected chi connectivity index (χ1v) is 7.35. The first-order chi connectivity index (χ1) is 10.0.